The van der Waals surface area contributed by atoms with Crippen molar-refractivity contribution in [3.05, 3.63) is 71.6 Å². The molecule has 1 aromatic carbocycles. The van der Waals surface area contributed by atoms with Crippen LogP contribution >= 0.6 is 11.6 Å². The summed E-state index contributed by atoms with van der Waals surface area (Å²) in [6.07, 6.45) is 4.70. The second-order valence-electron chi connectivity index (χ2n) is 6.27. The molecule has 29 heavy (non-hydrogen) atoms. The van der Waals surface area contributed by atoms with E-state index in [2.05, 4.69) is 25.7 Å². The van der Waals surface area contributed by atoms with E-state index in [4.69, 9.17) is 19.4 Å². The van der Waals surface area contributed by atoms with Gasteiger partial charge in [0.1, 0.15) is 13.7 Å². The number of aromatic nitrogens is 4. The predicted octanol–water partition coefficient (Wildman–Crippen LogP) is 2.08. The SMILES string of the molecule is [B]c1cnn2c(NCCNC(=O)c3cccnc3)cc(-c3ccccc3Cl)nc12. The Balaban J connectivity index is 1.52. The van der Waals surface area contributed by atoms with Crippen LogP contribution in [0, 0.1) is 0 Å². The summed E-state index contributed by atoms with van der Waals surface area (Å²) in [4.78, 5) is 20.7. The third-order valence-corrected chi connectivity index (χ3v) is 4.62. The molecule has 0 atom stereocenters. The number of carbonyl (C=O) groups is 1. The van der Waals surface area contributed by atoms with Gasteiger partial charge in [0.05, 0.1) is 11.3 Å². The number of anilines is 1. The van der Waals surface area contributed by atoms with E-state index in [1.165, 1.54) is 6.20 Å². The van der Waals surface area contributed by atoms with Gasteiger partial charge in [0.15, 0.2) is 5.65 Å². The number of benzene rings is 1. The first-order valence-electron chi connectivity index (χ1n) is 8.95. The second-order valence-corrected chi connectivity index (χ2v) is 6.67. The zero-order valence-corrected chi connectivity index (χ0v) is 16.1. The summed E-state index contributed by atoms with van der Waals surface area (Å²) >= 11 is 6.33. The lowest BCUT2D eigenvalue weighted by Gasteiger charge is -2.12. The van der Waals surface area contributed by atoms with Gasteiger partial charge in [-0.1, -0.05) is 29.8 Å². The number of hydrogen-bond donors (Lipinski definition) is 2. The smallest absolute Gasteiger partial charge is 0.252 e. The quantitative estimate of drug-likeness (QED) is 0.381. The Morgan fingerprint density at radius 1 is 1.14 bits per heavy atom. The fourth-order valence-electron chi connectivity index (χ4n) is 2.88. The number of hydrogen-bond acceptors (Lipinski definition) is 5. The fraction of sp³-hybridized carbons (Fsp3) is 0.100. The summed E-state index contributed by atoms with van der Waals surface area (Å²) in [5.41, 5.74) is 2.98. The molecule has 0 bridgehead atoms. The van der Waals surface area contributed by atoms with Crippen LogP contribution < -0.4 is 16.1 Å². The summed E-state index contributed by atoms with van der Waals surface area (Å²) < 4.78 is 1.62. The lowest BCUT2D eigenvalue weighted by Crippen LogP contribution is -2.29. The van der Waals surface area contributed by atoms with Crippen molar-refractivity contribution < 1.29 is 4.79 Å². The highest BCUT2D eigenvalue weighted by Crippen LogP contribution is 2.28. The van der Waals surface area contributed by atoms with Gasteiger partial charge in [-0.05, 0) is 23.7 Å². The minimum Gasteiger partial charge on any atom is -0.368 e. The molecule has 0 unspecified atom stereocenters. The molecule has 0 fully saturated rings. The van der Waals surface area contributed by atoms with Crippen molar-refractivity contribution in [3.63, 3.8) is 0 Å². The molecule has 7 nitrogen and oxygen atoms in total. The molecule has 0 spiro atoms. The number of carbonyl (C=O) groups excluding carboxylic acids is 1. The van der Waals surface area contributed by atoms with E-state index in [0.29, 0.717) is 46.3 Å². The van der Waals surface area contributed by atoms with Crippen molar-refractivity contribution >= 4 is 42.3 Å². The van der Waals surface area contributed by atoms with Crippen LogP contribution in [0.2, 0.25) is 5.02 Å². The Labute approximate surface area is 173 Å². The van der Waals surface area contributed by atoms with Gasteiger partial charge in [-0.15, -0.1) is 0 Å². The minimum absolute atomic E-state index is 0.181. The Bertz CT molecular complexity index is 1160. The van der Waals surface area contributed by atoms with Crippen LogP contribution in [0.25, 0.3) is 16.9 Å². The summed E-state index contributed by atoms with van der Waals surface area (Å²) in [5, 5.41) is 11.0. The Morgan fingerprint density at radius 3 is 2.79 bits per heavy atom. The van der Waals surface area contributed by atoms with E-state index in [1.54, 1.807) is 29.0 Å². The third-order valence-electron chi connectivity index (χ3n) is 4.29. The molecule has 3 heterocycles. The molecule has 4 aromatic rings. The topological polar surface area (TPSA) is 84.2 Å². The number of rotatable bonds is 6. The molecular weight excluding hydrogens is 387 g/mol. The number of nitrogens with zero attached hydrogens (tertiary/aromatic N) is 4. The molecular formula is C20H16BClN6O. The average molecular weight is 403 g/mol. The highest BCUT2D eigenvalue weighted by molar-refractivity contribution is 6.36. The number of pyridine rings is 1. The lowest BCUT2D eigenvalue weighted by molar-refractivity contribution is 0.0955. The monoisotopic (exact) mass is 402 g/mol. The Kier molecular flexibility index (Phi) is 5.44. The first kappa shape index (κ1) is 19.0. The van der Waals surface area contributed by atoms with Crippen molar-refractivity contribution in [2.45, 2.75) is 0 Å². The lowest BCUT2D eigenvalue weighted by atomic mass is 10.0. The van der Waals surface area contributed by atoms with Gasteiger partial charge in [-0.3, -0.25) is 9.78 Å². The summed E-state index contributed by atoms with van der Waals surface area (Å²) in [7, 11) is 6.02. The van der Waals surface area contributed by atoms with Crippen LogP contribution in [-0.4, -0.2) is 46.4 Å². The fourth-order valence-corrected chi connectivity index (χ4v) is 3.11. The van der Waals surface area contributed by atoms with E-state index < -0.39 is 0 Å². The normalized spacial score (nSPS) is 10.8. The van der Waals surface area contributed by atoms with E-state index in [9.17, 15) is 4.79 Å². The summed E-state index contributed by atoms with van der Waals surface area (Å²) in [6, 6.07) is 12.7. The molecule has 4 rings (SSSR count). The minimum atomic E-state index is -0.181. The molecule has 2 radical (unpaired) electrons. The van der Waals surface area contributed by atoms with Gasteiger partial charge in [0.2, 0.25) is 0 Å². The average Bonchev–Trinajstić information content (AvgIpc) is 3.13. The maximum Gasteiger partial charge on any atom is 0.252 e. The van der Waals surface area contributed by atoms with Gasteiger partial charge in [-0.2, -0.15) is 9.61 Å². The molecule has 9 heteroatoms. The van der Waals surface area contributed by atoms with Gasteiger partial charge in [0.25, 0.3) is 5.91 Å². The van der Waals surface area contributed by atoms with Crippen LogP contribution in [0.1, 0.15) is 10.4 Å². The maximum atomic E-state index is 12.1. The zero-order chi connectivity index (χ0) is 20.2. The maximum absolute atomic E-state index is 12.1. The molecule has 0 saturated heterocycles. The first-order chi connectivity index (χ1) is 14.1. The predicted molar refractivity (Wildman–Crippen MR) is 114 cm³/mol. The van der Waals surface area contributed by atoms with E-state index >= 15 is 0 Å². The van der Waals surface area contributed by atoms with Crippen molar-refractivity contribution in [2.75, 3.05) is 18.4 Å². The molecule has 0 aliphatic rings. The first-order valence-corrected chi connectivity index (χ1v) is 9.32. The molecule has 0 saturated carbocycles. The van der Waals surface area contributed by atoms with E-state index in [-0.39, 0.29) is 5.91 Å². The number of halogens is 1. The molecule has 0 aliphatic carbocycles. The highest BCUT2D eigenvalue weighted by atomic mass is 35.5. The third kappa shape index (κ3) is 4.07. The van der Waals surface area contributed by atoms with Crippen molar-refractivity contribution in [2.24, 2.45) is 0 Å². The van der Waals surface area contributed by atoms with E-state index in [0.717, 1.165) is 5.56 Å². The van der Waals surface area contributed by atoms with Crippen LogP contribution in [0.5, 0.6) is 0 Å². The Morgan fingerprint density at radius 2 is 2.00 bits per heavy atom. The molecule has 2 N–H and O–H groups in total. The van der Waals surface area contributed by atoms with E-state index in [1.807, 2.05) is 30.3 Å². The zero-order valence-electron chi connectivity index (χ0n) is 15.3. The summed E-state index contributed by atoms with van der Waals surface area (Å²) in [5.74, 6) is 0.511. The van der Waals surface area contributed by atoms with Gasteiger partial charge >= 0.3 is 0 Å². The summed E-state index contributed by atoms with van der Waals surface area (Å²) in [6.45, 7) is 0.891. The van der Waals surface area contributed by atoms with Gasteiger partial charge in [-0.25, -0.2) is 4.98 Å². The van der Waals surface area contributed by atoms with Crippen molar-refractivity contribution in [3.8, 4) is 11.3 Å². The Hall–Kier alpha value is -3.39. The number of fused-ring (bicyclic) bond motifs is 1. The molecule has 3 aromatic heterocycles. The van der Waals surface area contributed by atoms with Crippen LogP contribution in [0.4, 0.5) is 5.82 Å². The second kappa shape index (κ2) is 8.32. The highest BCUT2D eigenvalue weighted by Gasteiger charge is 2.12. The molecule has 1 amide bonds. The van der Waals surface area contributed by atoms with Crippen molar-refractivity contribution in [1.82, 2.24) is 24.9 Å². The van der Waals surface area contributed by atoms with Gasteiger partial charge < -0.3 is 10.6 Å². The van der Waals surface area contributed by atoms with Gasteiger partial charge in [0, 0.05) is 48.3 Å². The standard InChI is InChI=1S/C20H16BClN6O/c21-15-12-26-28-18(24-8-9-25-20(29)13-4-3-7-23-11-13)10-17(27-19(15)28)14-5-1-2-6-16(14)22/h1-7,10-12,24H,8-9H2,(H,25,29). The number of nitrogens with one attached hydrogen (secondary N) is 2. The number of amides is 1. The molecule has 0 aliphatic heterocycles. The molecule has 142 valence electrons. The van der Waals surface area contributed by atoms with Crippen molar-refractivity contribution in [1.29, 1.82) is 0 Å². The van der Waals surface area contributed by atoms with Crippen LogP contribution in [0.3, 0.4) is 0 Å². The largest absolute Gasteiger partial charge is 0.368 e. The van der Waals surface area contributed by atoms with Crippen LogP contribution in [-0.2, 0) is 0 Å². The van der Waals surface area contributed by atoms with Crippen LogP contribution in [0.15, 0.2) is 61.1 Å².